The van der Waals surface area contributed by atoms with Crippen LogP contribution in [0.3, 0.4) is 0 Å². The van der Waals surface area contributed by atoms with Gasteiger partial charge in [0, 0.05) is 20.3 Å². The van der Waals surface area contributed by atoms with Crippen LogP contribution < -0.4 is 22.3 Å². The van der Waals surface area contributed by atoms with Crippen molar-refractivity contribution < 1.29 is 9.47 Å². The van der Waals surface area contributed by atoms with E-state index in [0.29, 0.717) is 26.4 Å². The molecular weight excluding hydrogens is 252 g/mol. The van der Waals surface area contributed by atoms with Crippen LogP contribution in [0.1, 0.15) is 6.92 Å². The number of nitrogen functional groups attached to an aromatic ring is 1. The lowest BCUT2D eigenvalue weighted by atomic mass is 10.4. The number of ether oxygens (including phenoxy) is 2. The topological polar surface area (TPSA) is 111 Å². The molecule has 0 bridgehead atoms. The van der Waals surface area contributed by atoms with Gasteiger partial charge in [0.25, 0.3) is 5.56 Å². The highest BCUT2D eigenvalue weighted by Gasteiger charge is 2.11. The minimum Gasteiger partial charge on any atom is -0.383 e. The zero-order valence-electron chi connectivity index (χ0n) is 11.2. The summed E-state index contributed by atoms with van der Waals surface area (Å²) in [5.74, 6) is 0.0994. The molecule has 0 radical (unpaired) electrons. The number of hydrogen-bond acceptors (Lipinski definition) is 6. The lowest BCUT2D eigenvalue weighted by Gasteiger charge is -2.13. The van der Waals surface area contributed by atoms with Crippen LogP contribution in [0.4, 0.5) is 11.5 Å². The molecule has 0 fully saturated rings. The van der Waals surface area contributed by atoms with Gasteiger partial charge in [0.2, 0.25) is 0 Å². The number of hydrogen-bond donors (Lipinski definition) is 3. The third-order valence-corrected chi connectivity index (χ3v) is 2.51. The van der Waals surface area contributed by atoms with Crippen molar-refractivity contribution in [2.24, 2.45) is 0 Å². The fraction of sp³-hybridized carbons (Fsp3) is 0.636. The van der Waals surface area contributed by atoms with Crippen molar-refractivity contribution in [1.82, 2.24) is 9.55 Å². The Bertz CT molecular complexity index is 508. The minimum atomic E-state index is -0.546. The van der Waals surface area contributed by atoms with Gasteiger partial charge < -0.3 is 20.5 Å². The third-order valence-electron chi connectivity index (χ3n) is 2.51. The number of nitrogens with one attached hydrogen (secondary N) is 2. The largest absolute Gasteiger partial charge is 0.383 e. The predicted molar refractivity (Wildman–Crippen MR) is 72.6 cm³/mol. The van der Waals surface area contributed by atoms with Crippen LogP contribution in [0.15, 0.2) is 9.59 Å². The van der Waals surface area contributed by atoms with Gasteiger partial charge in [0.1, 0.15) is 11.5 Å². The summed E-state index contributed by atoms with van der Waals surface area (Å²) in [5.41, 5.74) is 4.92. The molecule has 1 aromatic heterocycles. The van der Waals surface area contributed by atoms with Crippen molar-refractivity contribution in [2.75, 3.05) is 44.5 Å². The summed E-state index contributed by atoms with van der Waals surface area (Å²) in [5, 5.41) is 2.87. The van der Waals surface area contributed by atoms with Crippen molar-refractivity contribution in [3.63, 3.8) is 0 Å². The summed E-state index contributed by atoms with van der Waals surface area (Å²) in [6, 6.07) is 0. The van der Waals surface area contributed by atoms with Crippen molar-refractivity contribution in [3.8, 4) is 0 Å². The molecule has 19 heavy (non-hydrogen) atoms. The number of aromatic amines is 1. The molecule has 8 heteroatoms. The highest BCUT2D eigenvalue weighted by atomic mass is 16.5. The Morgan fingerprint density at radius 2 is 2.11 bits per heavy atom. The fourth-order valence-corrected chi connectivity index (χ4v) is 1.56. The molecule has 1 heterocycles. The summed E-state index contributed by atoms with van der Waals surface area (Å²) in [6.07, 6.45) is 0. The van der Waals surface area contributed by atoms with E-state index in [1.807, 2.05) is 6.92 Å². The standard InChI is InChI=1S/C11H20N4O4/c1-3-19-6-4-13-8-9(12)15(5-7-18-2)11(17)14-10(8)16/h13H,3-7,12H2,1-2H3,(H,14,16,17). The van der Waals surface area contributed by atoms with Crippen LogP contribution in [-0.4, -0.2) is 43.0 Å². The van der Waals surface area contributed by atoms with Gasteiger partial charge in [-0.2, -0.15) is 0 Å². The predicted octanol–water partition coefficient (Wildman–Crippen LogP) is -0.786. The van der Waals surface area contributed by atoms with E-state index in [2.05, 4.69) is 10.3 Å². The Labute approximate surface area is 110 Å². The zero-order valence-corrected chi connectivity index (χ0v) is 11.2. The summed E-state index contributed by atoms with van der Waals surface area (Å²) >= 11 is 0. The monoisotopic (exact) mass is 272 g/mol. The van der Waals surface area contributed by atoms with Gasteiger partial charge >= 0.3 is 5.69 Å². The second-order valence-corrected chi connectivity index (χ2v) is 3.79. The molecule has 0 aliphatic heterocycles. The van der Waals surface area contributed by atoms with E-state index in [0.717, 1.165) is 0 Å². The number of H-pyrrole nitrogens is 1. The Morgan fingerprint density at radius 1 is 1.37 bits per heavy atom. The quantitative estimate of drug-likeness (QED) is 0.535. The maximum absolute atomic E-state index is 11.7. The lowest BCUT2D eigenvalue weighted by Crippen LogP contribution is -2.35. The van der Waals surface area contributed by atoms with Crippen molar-refractivity contribution in [3.05, 3.63) is 20.8 Å². The van der Waals surface area contributed by atoms with Gasteiger partial charge in [-0.25, -0.2) is 4.79 Å². The van der Waals surface area contributed by atoms with E-state index >= 15 is 0 Å². The van der Waals surface area contributed by atoms with E-state index in [9.17, 15) is 9.59 Å². The summed E-state index contributed by atoms with van der Waals surface area (Å²) in [4.78, 5) is 25.5. The van der Waals surface area contributed by atoms with Gasteiger partial charge in [-0.15, -0.1) is 0 Å². The Morgan fingerprint density at radius 3 is 2.74 bits per heavy atom. The molecule has 0 aliphatic carbocycles. The minimum absolute atomic E-state index is 0.0994. The third kappa shape index (κ3) is 4.11. The van der Waals surface area contributed by atoms with E-state index in [1.54, 1.807) is 0 Å². The highest BCUT2D eigenvalue weighted by molar-refractivity contribution is 5.60. The van der Waals surface area contributed by atoms with Gasteiger partial charge in [0.15, 0.2) is 0 Å². The maximum atomic E-state index is 11.7. The first kappa shape index (κ1) is 15.3. The second kappa shape index (κ2) is 7.59. The molecule has 1 aromatic rings. The van der Waals surface area contributed by atoms with Crippen LogP contribution in [0.25, 0.3) is 0 Å². The molecule has 0 atom stereocenters. The molecule has 0 aromatic carbocycles. The molecular formula is C11H20N4O4. The molecule has 8 nitrogen and oxygen atoms in total. The maximum Gasteiger partial charge on any atom is 0.330 e. The van der Waals surface area contributed by atoms with Crippen LogP contribution in [0, 0.1) is 0 Å². The molecule has 4 N–H and O–H groups in total. The Hall–Kier alpha value is -1.80. The van der Waals surface area contributed by atoms with Gasteiger partial charge in [-0.3, -0.25) is 14.3 Å². The molecule has 108 valence electrons. The molecule has 0 saturated heterocycles. The zero-order chi connectivity index (χ0) is 14.3. The van der Waals surface area contributed by atoms with Crippen molar-refractivity contribution in [1.29, 1.82) is 0 Å². The molecule has 1 rings (SSSR count). The Balaban J connectivity index is 2.90. The lowest BCUT2D eigenvalue weighted by molar-refractivity contribution is 0.158. The van der Waals surface area contributed by atoms with Crippen LogP contribution in [0.2, 0.25) is 0 Å². The molecule has 0 saturated carbocycles. The first-order chi connectivity index (χ1) is 9.11. The number of rotatable bonds is 8. The second-order valence-electron chi connectivity index (χ2n) is 3.79. The van der Waals surface area contributed by atoms with Crippen molar-refractivity contribution in [2.45, 2.75) is 13.5 Å². The normalized spacial score (nSPS) is 10.6. The van der Waals surface area contributed by atoms with Crippen LogP contribution >= 0.6 is 0 Å². The average molecular weight is 272 g/mol. The first-order valence-corrected chi connectivity index (χ1v) is 6.05. The average Bonchev–Trinajstić information content (AvgIpc) is 2.37. The smallest absolute Gasteiger partial charge is 0.330 e. The van der Waals surface area contributed by atoms with E-state index in [-0.39, 0.29) is 18.1 Å². The summed E-state index contributed by atoms with van der Waals surface area (Å²) in [6.45, 7) is 3.97. The Kier molecular flexibility index (Phi) is 6.10. The van der Waals surface area contributed by atoms with Gasteiger partial charge in [-0.1, -0.05) is 0 Å². The van der Waals surface area contributed by atoms with Crippen LogP contribution in [-0.2, 0) is 16.0 Å². The van der Waals surface area contributed by atoms with Gasteiger partial charge in [-0.05, 0) is 6.92 Å². The molecule has 0 amide bonds. The van der Waals surface area contributed by atoms with Gasteiger partial charge in [0.05, 0.1) is 19.8 Å². The molecule has 0 unspecified atom stereocenters. The van der Waals surface area contributed by atoms with Crippen LogP contribution in [0.5, 0.6) is 0 Å². The SMILES string of the molecule is CCOCCNc1c(N)n(CCOC)c(=O)[nH]c1=O. The number of nitrogens with zero attached hydrogens (tertiary/aromatic N) is 1. The highest BCUT2D eigenvalue weighted by Crippen LogP contribution is 2.09. The number of anilines is 2. The fourth-order valence-electron chi connectivity index (χ4n) is 1.56. The number of aromatic nitrogens is 2. The number of methoxy groups -OCH3 is 1. The first-order valence-electron chi connectivity index (χ1n) is 6.05. The molecule has 0 aliphatic rings. The summed E-state index contributed by atoms with van der Waals surface area (Å²) in [7, 11) is 1.52. The summed E-state index contributed by atoms with van der Waals surface area (Å²) < 4.78 is 11.3. The van der Waals surface area contributed by atoms with E-state index < -0.39 is 11.2 Å². The van der Waals surface area contributed by atoms with E-state index in [4.69, 9.17) is 15.2 Å². The number of nitrogens with two attached hydrogens (primary N) is 1. The van der Waals surface area contributed by atoms with E-state index in [1.165, 1.54) is 11.7 Å². The van der Waals surface area contributed by atoms with Crippen molar-refractivity contribution >= 4 is 11.5 Å². The molecule has 0 spiro atoms.